The SMILES string of the molecule is Cc1nc(Sc2ccccc2[N+](=O)[O-])ccc1N. The maximum Gasteiger partial charge on any atom is 0.283 e. The van der Waals surface area contributed by atoms with E-state index in [2.05, 4.69) is 4.98 Å². The molecule has 0 saturated heterocycles. The Morgan fingerprint density at radius 1 is 1.28 bits per heavy atom. The molecule has 92 valence electrons. The van der Waals surface area contributed by atoms with Crippen molar-refractivity contribution in [2.45, 2.75) is 16.8 Å². The quantitative estimate of drug-likeness (QED) is 0.678. The zero-order chi connectivity index (χ0) is 13.1. The van der Waals surface area contributed by atoms with Crippen LogP contribution < -0.4 is 5.73 Å². The van der Waals surface area contributed by atoms with Crippen molar-refractivity contribution in [2.75, 3.05) is 5.73 Å². The van der Waals surface area contributed by atoms with E-state index in [-0.39, 0.29) is 5.69 Å². The van der Waals surface area contributed by atoms with E-state index in [1.165, 1.54) is 17.8 Å². The predicted octanol–water partition coefficient (Wildman–Crippen LogP) is 3.03. The number of para-hydroxylation sites is 1. The molecule has 0 amide bonds. The minimum atomic E-state index is -0.396. The molecular formula is C12H11N3O2S. The first-order valence-electron chi connectivity index (χ1n) is 5.22. The summed E-state index contributed by atoms with van der Waals surface area (Å²) in [5.41, 5.74) is 7.10. The lowest BCUT2D eigenvalue weighted by molar-refractivity contribution is -0.387. The predicted molar refractivity (Wildman–Crippen MR) is 70.6 cm³/mol. The van der Waals surface area contributed by atoms with E-state index in [1.54, 1.807) is 37.3 Å². The van der Waals surface area contributed by atoms with Crippen molar-refractivity contribution >= 4 is 23.1 Å². The Morgan fingerprint density at radius 3 is 2.67 bits per heavy atom. The van der Waals surface area contributed by atoms with E-state index < -0.39 is 4.92 Å². The fraction of sp³-hybridized carbons (Fsp3) is 0.0833. The molecule has 0 aliphatic heterocycles. The van der Waals surface area contributed by atoms with Gasteiger partial charge in [-0.15, -0.1) is 0 Å². The Kier molecular flexibility index (Phi) is 3.47. The van der Waals surface area contributed by atoms with Crippen LogP contribution in [0.4, 0.5) is 11.4 Å². The zero-order valence-corrected chi connectivity index (χ0v) is 10.5. The number of nitrogens with two attached hydrogens (primary N) is 1. The van der Waals surface area contributed by atoms with Gasteiger partial charge in [0.05, 0.1) is 21.2 Å². The van der Waals surface area contributed by atoms with Crippen molar-refractivity contribution in [2.24, 2.45) is 0 Å². The number of nitro groups is 1. The third-order valence-corrected chi connectivity index (χ3v) is 3.38. The molecule has 5 nitrogen and oxygen atoms in total. The second kappa shape index (κ2) is 5.05. The first kappa shape index (κ1) is 12.4. The number of anilines is 1. The van der Waals surface area contributed by atoms with Gasteiger partial charge in [-0.2, -0.15) is 0 Å². The van der Waals surface area contributed by atoms with Gasteiger partial charge >= 0.3 is 0 Å². The molecule has 1 aromatic heterocycles. The molecule has 2 N–H and O–H groups in total. The molecule has 1 aromatic carbocycles. The maximum atomic E-state index is 10.9. The van der Waals surface area contributed by atoms with Gasteiger partial charge in [0.1, 0.15) is 5.03 Å². The standard InChI is InChI=1S/C12H11N3O2S/c1-8-9(13)6-7-12(14-8)18-11-5-3-2-4-10(11)15(16)17/h2-7H,13H2,1H3. The van der Waals surface area contributed by atoms with E-state index in [9.17, 15) is 10.1 Å². The minimum Gasteiger partial charge on any atom is -0.397 e. The topological polar surface area (TPSA) is 82.0 Å². The van der Waals surface area contributed by atoms with Crippen LogP contribution in [0, 0.1) is 17.0 Å². The molecule has 0 aliphatic rings. The summed E-state index contributed by atoms with van der Waals surface area (Å²) in [7, 11) is 0. The second-order valence-electron chi connectivity index (χ2n) is 3.65. The number of aromatic nitrogens is 1. The van der Waals surface area contributed by atoms with Crippen LogP contribution in [0.25, 0.3) is 0 Å². The third-order valence-electron chi connectivity index (χ3n) is 2.38. The molecule has 0 spiro atoms. The molecular weight excluding hydrogens is 250 g/mol. The maximum absolute atomic E-state index is 10.9. The van der Waals surface area contributed by atoms with Crippen LogP contribution in [-0.2, 0) is 0 Å². The first-order valence-corrected chi connectivity index (χ1v) is 6.04. The van der Waals surface area contributed by atoms with Gasteiger partial charge in [0, 0.05) is 6.07 Å². The normalized spacial score (nSPS) is 10.3. The van der Waals surface area contributed by atoms with Crippen molar-refractivity contribution in [3.8, 4) is 0 Å². The lowest BCUT2D eigenvalue weighted by Crippen LogP contribution is -1.94. The summed E-state index contributed by atoms with van der Waals surface area (Å²) in [6, 6.07) is 10.1. The van der Waals surface area contributed by atoms with Gasteiger partial charge in [0.2, 0.25) is 0 Å². The highest BCUT2D eigenvalue weighted by Gasteiger charge is 2.14. The van der Waals surface area contributed by atoms with Crippen LogP contribution in [0.5, 0.6) is 0 Å². The largest absolute Gasteiger partial charge is 0.397 e. The number of nitro benzene ring substituents is 1. The summed E-state index contributed by atoms with van der Waals surface area (Å²) in [6.45, 7) is 1.80. The van der Waals surface area contributed by atoms with Crippen LogP contribution in [0.2, 0.25) is 0 Å². The third kappa shape index (κ3) is 2.60. The number of nitrogen functional groups attached to an aromatic ring is 1. The molecule has 2 rings (SSSR count). The smallest absolute Gasteiger partial charge is 0.283 e. The Balaban J connectivity index is 2.34. The van der Waals surface area contributed by atoms with Crippen molar-refractivity contribution in [3.63, 3.8) is 0 Å². The van der Waals surface area contributed by atoms with Crippen molar-refractivity contribution in [3.05, 3.63) is 52.2 Å². The molecule has 0 bridgehead atoms. The van der Waals surface area contributed by atoms with Crippen LogP contribution >= 0.6 is 11.8 Å². The number of rotatable bonds is 3. The Morgan fingerprint density at radius 2 is 2.00 bits per heavy atom. The lowest BCUT2D eigenvalue weighted by atomic mass is 10.3. The summed E-state index contributed by atoms with van der Waals surface area (Å²) >= 11 is 1.26. The van der Waals surface area contributed by atoms with Crippen molar-refractivity contribution in [1.82, 2.24) is 4.98 Å². The van der Waals surface area contributed by atoms with Crippen LogP contribution in [0.3, 0.4) is 0 Å². The van der Waals surface area contributed by atoms with E-state index in [0.717, 1.165) is 5.69 Å². The molecule has 1 heterocycles. The molecule has 0 radical (unpaired) electrons. The van der Waals surface area contributed by atoms with E-state index in [4.69, 9.17) is 5.73 Å². The van der Waals surface area contributed by atoms with Gasteiger partial charge in [0.25, 0.3) is 5.69 Å². The highest BCUT2D eigenvalue weighted by Crippen LogP contribution is 2.33. The van der Waals surface area contributed by atoms with E-state index in [1.807, 2.05) is 0 Å². The fourth-order valence-electron chi connectivity index (χ4n) is 1.41. The van der Waals surface area contributed by atoms with Gasteiger partial charge in [0.15, 0.2) is 0 Å². The number of aryl methyl sites for hydroxylation is 1. The highest BCUT2D eigenvalue weighted by molar-refractivity contribution is 7.99. The molecule has 2 aromatic rings. The lowest BCUT2D eigenvalue weighted by Gasteiger charge is -2.04. The van der Waals surface area contributed by atoms with Crippen molar-refractivity contribution < 1.29 is 4.92 Å². The van der Waals surface area contributed by atoms with E-state index in [0.29, 0.717) is 15.6 Å². The summed E-state index contributed by atoms with van der Waals surface area (Å²) in [4.78, 5) is 15.3. The van der Waals surface area contributed by atoms with Gasteiger partial charge in [-0.1, -0.05) is 23.9 Å². The van der Waals surface area contributed by atoms with Crippen LogP contribution in [-0.4, -0.2) is 9.91 Å². The van der Waals surface area contributed by atoms with E-state index >= 15 is 0 Å². The average Bonchev–Trinajstić information content (AvgIpc) is 2.34. The number of pyridine rings is 1. The minimum absolute atomic E-state index is 0.0822. The Hall–Kier alpha value is -2.08. The highest BCUT2D eigenvalue weighted by atomic mass is 32.2. The Bertz CT molecular complexity index is 602. The summed E-state index contributed by atoms with van der Waals surface area (Å²) < 4.78 is 0. The summed E-state index contributed by atoms with van der Waals surface area (Å²) in [6.07, 6.45) is 0. The molecule has 0 unspecified atom stereocenters. The van der Waals surface area contributed by atoms with Crippen LogP contribution in [0.15, 0.2) is 46.3 Å². The molecule has 18 heavy (non-hydrogen) atoms. The van der Waals surface area contributed by atoms with Crippen LogP contribution in [0.1, 0.15) is 5.69 Å². The summed E-state index contributed by atoms with van der Waals surface area (Å²) in [5, 5.41) is 11.6. The number of hydrogen-bond donors (Lipinski definition) is 1. The second-order valence-corrected chi connectivity index (χ2v) is 4.71. The molecule has 0 saturated carbocycles. The monoisotopic (exact) mass is 261 g/mol. The number of hydrogen-bond acceptors (Lipinski definition) is 5. The zero-order valence-electron chi connectivity index (χ0n) is 9.66. The van der Waals surface area contributed by atoms with Gasteiger partial charge < -0.3 is 5.73 Å². The number of benzene rings is 1. The molecule has 6 heteroatoms. The molecule has 0 aliphatic carbocycles. The number of nitrogens with zero attached hydrogens (tertiary/aromatic N) is 2. The molecule has 0 atom stereocenters. The average molecular weight is 261 g/mol. The Labute approximate surface area is 108 Å². The summed E-state index contributed by atoms with van der Waals surface area (Å²) in [5.74, 6) is 0. The van der Waals surface area contributed by atoms with Crippen molar-refractivity contribution in [1.29, 1.82) is 0 Å². The fourth-order valence-corrected chi connectivity index (χ4v) is 2.35. The first-order chi connectivity index (χ1) is 8.58. The van der Waals surface area contributed by atoms with Gasteiger partial charge in [-0.25, -0.2) is 4.98 Å². The molecule has 0 fully saturated rings. The van der Waals surface area contributed by atoms with Gasteiger partial charge in [-0.3, -0.25) is 10.1 Å². The van der Waals surface area contributed by atoms with Gasteiger partial charge in [-0.05, 0) is 25.1 Å².